The van der Waals surface area contributed by atoms with E-state index < -0.39 is 17.7 Å². The zero-order valence-electron chi connectivity index (χ0n) is 13.1. The maximum Gasteiger partial charge on any atom is 0.337 e. The summed E-state index contributed by atoms with van der Waals surface area (Å²) in [4.78, 5) is 25.7. The molecule has 2 N–H and O–H groups in total. The molecule has 0 saturated heterocycles. The molecule has 0 bridgehead atoms. The molecule has 0 saturated carbocycles. The molecule has 0 radical (unpaired) electrons. The van der Waals surface area contributed by atoms with Crippen molar-refractivity contribution in [3.63, 3.8) is 0 Å². The van der Waals surface area contributed by atoms with Gasteiger partial charge in [-0.25, -0.2) is 9.18 Å². The van der Waals surface area contributed by atoms with Gasteiger partial charge in [0.1, 0.15) is 17.3 Å². The lowest BCUT2D eigenvalue weighted by molar-refractivity contribution is -0.136. The fraction of sp³-hybridized carbons (Fsp3) is 0.333. The van der Waals surface area contributed by atoms with Crippen LogP contribution in [0.4, 0.5) is 10.1 Å². The van der Waals surface area contributed by atoms with Gasteiger partial charge in [-0.05, 0) is 22.0 Å². The minimum absolute atomic E-state index is 0.000841. The first kappa shape index (κ1) is 18.2. The van der Waals surface area contributed by atoms with Gasteiger partial charge in [0.15, 0.2) is 0 Å². The maximum atomic E-state index is 13.5. The van der Waals surface area contributed by atoms with Crippen LogP contribution >= 0.6 is 15.9 Å². The Hall–Kier alpha value is -2.13. The van der Waals surface area contributed by atoms with Crippen molar-refractivity contribution in [2.45, 2.75) is 0 Å². The summed E-state index contributed by atoms with van der Waals surface area (Å²) in [7, 11) is 2.57. The molecule has 0 atom stereocenters. The quantitative estimate of drug-likeness (QED) is 0.696. The molecule has 1 aromatic carbocycles. The van der Waals surface area contributed by atoms with Gasteiger partial charge < -0.3 is 24.8 Å². The van der Waals surface area contributed by atoms with E-state index >= 15 is 0 Å². The number of halogens is 2. The van der Waals surface area contributed by atoms with Crippen LogP contribution in [0.2, 0.25) is 0 Å². The summed E-state index contributed by atoms with van der Waals surface area (Å²) in [6.07, 6.45) is 0. The van der Waals surface area contributed by atoms with Crippen molar-refractivity contribution >= 4 is 33.5 Å². The molecule has 130 valence electrons. The fourth-order valence-corrected chi connectivity index (χ4v) is 2.82. The normalized spacial score (nSPS) is 14.2. The number of ether oxygens (including phenoxy) is 2. The summed E-state index contributed by atoms with van der Waals surface area (Å²) in [6.45, 7) is -0.154. The second-order valence-electron chi connectivity index (χ2n) is 4.89. The largest absolute Gasteiger partial charge is 0.494 e. The number of esters is 1. The number of nitrogens with zero attached hydrogens (tertiary/aromatic N) is 1. The van der Waals surface area contributed by atoms with Gasteiger partial charge in [0, 0.05) is 17.1 Å². The minimum atomic E-state index is -0.663. The molecule has 0 fully saturated rings. The number of aliphatic hydroxyl groups is 1. The van der Waals surface area contributed by atoms with Crippen molar-refractivity contribution in [3.8, 4) is 5.75 Å². The van der Waals surface area contributed by atoms with E-state index in [0.29, 0.717) is 10.2 Å². The summed E-state index contributed by atoms with van der Waals surface area (Å²) >= 11 is 3.20. The molecule has 0 aliphatic carbocycles. The van der Waals surface area contributed by atoms with Crippen LogP contribution in [0.25, 0.3) is 0 Å². The van der Waals surface area contributed by atoms with E-state index in [1.165, 1.54) is 25.2 Å². The Bertz CT molecular complexity index is 707. The summed E-state index contributed by atoms with van der Waals surface area (Å²) in [6, 6.07) is 2.35. The SMILES string of the molecule is COC(=O)C1=C(Nc2c(Br)cc(F)cc2OC)C(=O)N(CCO)C1. The third-order valence-corrected chi connectivity index (χ3v) is 4.07. The van der Waals surface area contributed by atoms with Gasteiger partial charge in [0.2, 0.25) is 0 Å². The number of hydrogen-bond donors (Lipinski definition) is 2. The average molecular weight is 403 g/mol. The van der Waals surface area contributed by atoms with E-state index in [4.69, 9.17) is 14.6 Å². The molecular weight excluding hydrogens is 387 g/mol. The number of aliphatic hydroxyl groups excluding tert-OH is 1. The van der Waals surface area contributed by atoms with Crippen LogP contribution in [0, 0.1) is 5.82 Å². The van der Waals surface area contributed by atoms with Gasteiger partial charge in [0.25, 0.3) is 5.91 Å². The molecule has 1 aliphatic rings. The Morgan fingerprint density at radius 2 is 2.17 bits per heavy atom. The molecule has 0 spiro atoms. The van der Waals surface area contributed by atoms with Crippen molar-refractivity contribution in [2.24, 2.45) is 0 Å². The standard InChI is InChI=1S/C15H16BrFN2O5/c1-23-11-6-8(17)5-10(16)13(11)18-12-9(15(22)24-2)7-19(3-4-20)14(12)21/h5-6,18,20H,3-4,7H2,1-2H3. The second-order valence-corrected chi connectivity index (χ2v) is 5.74. The molecule has 1 amide bonds. The topological polar surface area (TPSA) is 88.1 Å². The highest BCUT2D eigenvalue weighted by molar-refractivity contribution is 9.10. The second kappa shape index (κ2) is 7.63. The zero-order valence-corrected chi connectivity index (χ0v) is 14.6. The Kier molecular flexibility index (Phi) is 5.79. The highest BCUT2D eigenvalue weighted by Crippen LogP contribution is 2.36. The van der Waals surface area contributed by atoms with Crippen LogP contribution < -0.4 is 10.1 Å². The molecule has 1 aromatic rings. The number of benzene rings is 1. The number of nitrogens with one attached hydrogen (secondary N) is 1. The molecule has 0 aromatic heterocycles. The number of amides is 1. The van der Waals surface area contributed by atoms with Crippen LogP contribution in [0.15, 0.2) is 27.9 Å². The van der Waals surface area contributed by atoms with Crippen LogP contribution in [-0.2, 0) is 14.3 Å². The lowest BCUT2D eigenvalue weighted by Crippen LogP contribution is -2.31. The lowest BCUT2D eigenvalue weighted by Gasteiger charge is -2.16. The Labute approximate surface area is 146 Å². The summed E-state index contributed by atoms with van der Waals surface area (Å²) in [5.74, 6) is -1.50. The maximum absolute atomic E-state index is 13.5. The van der Waals surface area contributed by atoms with Crippen molar-refractivity contribution in [2.75, 3.05) is 39.2 Å². The Morgan fingerprint density at radius 3 is 2.75 bits per heavy atom. The van der Waals surface area contributed by atoms with E-state index in [-0.39, 0.29) is 36.7 Å². The monoisotopic (exact) mass is 402 g/mol. The highest BCUT2D eigenvalue weighted by Gasteiger charge is 2.35. The summed E-state index contributed by atoms with van der Waals surface area (Å²) in [5, 5.41) is 11.9. The summed E-state index contributed by atoms with van der Waals surface area (Å²) in [5.41, 5.74) is 0.421. The predicted octanol–water partition coefficient (Wildman–Crippen LogP) is 1.27. The smallest absolute Gasteiger partial charge is 0.337 e. The molecule has 24 heavy (non-hydrogen) atoms. The Morgan fingerprint density at radius 1 is 1.46 bits per heavy atom. The lowest BCUT2D eigenvalue weighted by atomic mass is 10.2. The van der Waals surface area contributed by atoms with Crippen molar-refractivity contribution in [1.82, 2.24) is 4.90 Å². The van der Waals surface area contributed by atoms with Gasteiger partial charge in [-0.2, -0.15) is 0 Å². The summed E-state index contributed by atoms with van der Waals surface area (Å²) < 4.78 is 23.6. The number of β-amino-alcohol motifs (C(OH)–C–C–N with tert-alkyl or cyclic N) is 1. The van der Waals surface area contributed by atoms with Gasteiger partial charge in [-0.3, -0.25) is 4.79 Å². The van der Waals surface area contributed by atoms with E-state index in [9.17, 15) is 14.0 Å². The van der Waals surface area contributed by atoms with E-state index in [1.807, 2.05) is 0 Å². The van der Waals surface area contributed by atoms with Crippen LogP contribution in [-0.4, -0.2) is 55.8 Å². The van der Waals surface area contributed by atoms with E-state index in [2.05, 4.69) is 21.2 Å². The fourth-order valence-electron chi connectivity index (χ4n) is 2.31. The van der Waals surface area contributed by atoms with Gasteiger partial charge >= 0.3 is 5.97 Å². The number of carbonyl (C=O) groups is 2. The van der Waals surface area contributed by atoms with Crippen LogP contribution in [0.3, 0.4) is 0 Å². The molecule has 7 nitrogen and oxygen atoms in total. The molecule has 0 unspecified atom stereocenters. The number of rotatable bonds is 6. The van der Waals surface area contributed by atoms with Crippen LogP contribution in [0.1, 0.15) is 0 Å². The predicted molar refractivity (Wildman–Crippen MR) is 87.0 cm³/mol. The van der Waals surface area contributed by atoms with Gasteiger partial charge in [0.05, 0.1) is 38.6 Å². The number of carbonyl (C=O) groups excluding carboxylic acids is 2. The van der Waals surface area contributed by atoms with Crippen molar-refractivity contribution in [1.29, 1.82) is 0 Å². The molecule has 1 heterocycles. The zero-order chi connectivity index (χ0) is 17.9. The third-order valence-electron chi connectivity index (χ3n) is 3.44. The van der Waals surface area contributed by atoms with Gasteiger partial charge in [-0.15, -0.1) is 0 Å². The van der Waals surface area contributed by atoms with Crippen LogP contribution in [0.5, 0.6) is 5.75 Å². The van der Waals surface area contributed by atoms with E-state index in [1.54, 1.807) is 0 Å². The molecule has 2 rings (SSSR count). The first-order valence-electron chi connectivity index (χ1n) is 6.94. The first-order chi connectivity index (χ1) is 11.4. The van der Waals surface area contributed by atoms with Gasteiger partial charge in [-0.1, -0.05) is 0 Å². The molecular formula is C15H16BrFN2O5. The number of methoxy groups -OCH3 is 2. The highest BCUT2D eigenvalue weighted by atomic mass is 79.9. The van der Waals surface area contributed by atoms with E-state index in [0.717, 1.165) is 6.07 Å². The first-order valence-corrected chi connectivity index (χ1v) is 7.73. The third kappa shape index (κ3) is 3.51. The van der Waals surface area contributed by atoms with Crippen molar-refractivity contribution in [3.05, 3.63) is 33.7 Å². The Balaban J connectivity index is 2.44. The minimum Gasteiger partial charge on any atom is -0.494 e. The molecule has 9 heteroatoms. The number of anilines is 1. The van der Waals surface area contributed by atoms with Crippen molar-refractivity contribution < 1.29 is 28.6 Å². The molecule has 1 aliphatic heterocycles. The average Bonchev–Trinajstić information content (AvgIpc) is 2.86. The number of hydrogen-bond acceptors (Lipinski definition) is 6.